The number of fused-ring (bicyclic) bond motifs is 1. The molecule has 110 valence electrons. The molecule has 21 heavy (non-hydrogen) atoms. The van der Waals surface area contributed by atoms with Crippen LogP contribution < -0.4 is 10.1 Å². The van der Waals surface area contributed by atoms with E-state index in [1.165, 1.54) is 17.7 Å². The standard InChI is InChI=1S/C18H20FNO/c1-12-11-21-17-6-4-3-5-16(17)18(12)20-13(2)14-7-9-15(19)10-8-14/h3-10,12-13,18,20H,11H2,1-2H3. The summed E-state index contributed by atoms with van der Waals surface area (Å²) in [7, 11) is 0. The van der Waals surface area contributed by atoms with E-state index in [0.717, 1.165) is 11.3 Å². The zero-order valence-corrected chi connectivity index (χ0v) is 12.3. The van der Waals surface area contributed by atoms with Crippen molar-refractivity contribution in [3.8, 4) is 5.75 Å². The predicted octanol–water partition coefficient (Wildman–Crippen LogP) is 4.25. The third kappa shape index (κ3) is 2.93. The SMILES string of the molecule is CC(NC1c2ccccc2OCC1C)c1ccc(F)cc1. The van der Waals surface area contributed by atoms with Gasteiger partial charge in [-0.05, 0) is 30.7 Å². The van der Waals surface area contributed by atoms with Crippen LogP contribution in [-0.4, -0.2) is 6.61 Å². The van der Waals surface area contributed by atoms with Gasteiger partial charge in [-0.1, -0.05) is 37.3 Å². The summed E-state index contributed by atoms with van der Waals surface area (Å²) in [5.41, 5.74) is 2.29. The van der Waals surface area contributed by atoms with Crippen LogP contribution in [0.25, 0.3) is 0 Å². The number of ether oxygens (including phenoxy) is 1. The predicted molar refractivity (Wildman–Crippen MR) is 81.8 cm³/mol. The fourth-order valence-corrected chi connectivity index (χ4v) is 2.86. The molecule has 3 rings (SSSR count). The van der Waals surface area contributed by atoms with Crippen molar-refractivity contribution >= 4 is 0 Å². The summed E-state index contributed by atoms with van der Waals surface area (Å²) < 4.78 is 18.8. The maximum absolute atomic E-state index is 13.0. The summed E-state index contributed by atoms with van der Waals surface area (Å²) in [4.78, 5) is 0. The number of rotatable bonds is 3. The quantitative estimate of drug-likeness (QED) is 0.910. The number of hydrogen-bond acceptors (Lipinski definition) is 2. The average Bonchev–Trinajstić information content (AvgIpc) is 2.51. The van der Waals surface area contributed by atoms with E-state index in [-0.39, 0.29) is 17.9 Å². The topological polar surface area (TPSA) is 21.3 Å². The van der Waals surface area contributed by atoms with Gasteiger partial charge in [-0.2, -0.15) is 0 Å². The first kappa shape index (κ1) is 14.1. The van der Waals surface area contributed by atoms with E-state index in [1.807, 2.05) is 30.3 Å². The molecule has 1 aliphatic rings. The van der Waals surface area contributed by atoms with Crippen molar-refractivity contribution in [1.82, 2.24) is 5.32 Å². The molecule has 1 heterocycles. The highest BCUT2D eigenvalue weighted by atomic mass is 19.1. The zero-order chi connectivity index (χ0) is 14.8. The van der Waals surface area contributed by atoms with Gasteiger partial charge in [0.2, 0.25) is 0 Å². The summed E-state index contributed by atoms with van der Waals surface area (Å²) >= 11 is 0. The molecule has 2 nitrogen and oxygen atoms in total. The first-order valence-electron chi connectivity index (χ1n) is 7.38. The first-order chi connectivity index (χ1) is 10.1. The maximum Gasteiger partial charge on any atom is 0.124 e. The molecule has 0 radical (unpaired) electrons. The van der Waals surface area contributed by atoms with Gasteiger partial charge >= 0.3 is 0 Å². The molecular formula is C18H20FNO. The molecule has 1 N–H and O–H groups in total. The fraction of sp³-hybridized carbons (Fsp3) is 0.333. The van der Waals surface area contributed by atoms with E-state index >= 15 is 0 Å². The summed E-state index contributed by atoms with van der Waals surface area (Å²) in [6.45, 7) is 5.01. The van der Waals surface area contributed by atoms with E-state index in [0.29, 0.717) is 12.5 Å². The van der Waals surface area contributed by atoms with Gasteiger partial charge in [0.25, 0.3) is 0 Å². The van der Waals surface area contributed by atoms with E-state index in [1.54, 1.807) is 0 Å². The van der Waals surface area contributed by atoms with Crippen LogP contribution in [0.1, 0.15) is 37.1 Å². The minimum Gasteiger partial charge on any atom is -0.493 e. The lowest BCUT2D eigenvalue weighted by atomic mass is 9.91. The van der Waals surface area contributed by atoms with Crippen molar-refractivity contribution < 1.29 is 9.13 Å². The van der Waals surface area contributed by atoms with E-state index in [9.17, 15) is 4.39 Å². The first-order valence-corrected chi connectivity index (χ1v) is 7.38. The van der Waals surface area contributed by atoms with Gasteiger partial charge in [-0.15, -0.1) is 0 Å². The number of halogens is 1. The maximum atomic E-state index is 13.0. The van der Waals surface area contributed by atoms with Gasteiger partial charge in [-0.25, -0.2) is 4.39 Å². The van der Waals surface area contributed by atoms with Gasteiger partial charge in [0, 0.05) is 23.6 Å². The highest BCUT2D eigenvalue weighted by Crippen LogP contribution is 2.36. The lowest BCUT2D eigenvalue weighted by molar-refractivity contribution is 0.182. The Morgan fingerprint density at radius 1 is 1.14 bits per heavy atom. The molecule has 0 amide bonds. The monoisotopic (exact) mass is 285 g/mol. The van der Waals surface area contributed by atoms with Gasteiger partial charge in [0.15, 0.2) is 0 Å². The Hall–Kier alpha value is -1.87. The fourth-order valence-electron chi connectivity index (χ4n) is 2.86. The number of nitrogens with one attached hydrogen (secondary N) is 1. The van der Waals surface area contributed by atoms with Crippen molar-refractivity contribution in [2.75, 3.05) is 6.61 Å². The van der Waals surface area contributed by atoms with Crippen LogP contribution in [0.2, 0.25) is 0 Å². The zero-order valence-electron chi connectivity index (χ0n) is 12.3. The smallest absolute Gasteiger partial charge is 0.124 e. The Morgan fingerprint density at radius 3 is 2.62 bits per heavy atom. The Kier molecular flexibility index (Phi) is 3.93. The lowest BCUT2D eigenvalue weighted by Gasteiger charge is -2.34. The van der Waals surface area contributed by atoms with Gasteiger partial charge in [-0.3, -0.25) is 0 Å². The molecule has 0 spiro atoms. The van der Waals surface area contributed by atoms with Crippen molar-refractivity contribution in [2.45, 2.75) is 25.9 Å². The largest absolute Gasteiger partial charge is 0.493 e. The van der Waals surface area contributed by atoms with Gasteiger partial charge < -0.3 is 10.1 Å². The van der Waals surface area contributed by atoms with E-state index in [2.05, 4.69) is 25.2 Å². The van der Waals surface area contributed by atoms with Crippen molar-refractivity contribution in [2.24, 2.45) is 5.92 Å². The molecular weight excluding hydrogens is 265 g/mol. The Balaban J connectivity index is 1.82. The molecule has 1 aliphatic heterocycles. The second kappa shape index (κ2) is 5.86. The minimum atomic E-state index is -0.198. The second-order valence-electron chi connectivity index (χ2n) is 5.74. The van der Waals surface area contributed by atoms with Crippen molar-refractivity contribution in [1.29, 1.82) is 0 Å². The van der Waals surface area contributed by atoms with E-state index in [4.69, 9.17) is 4.74 Å². The molecule has 0 aliphatic carbocycles. The molecule has 0 fully saturated rings. The molecule has 0 bridgehead atoms. The minimum absolute atomic E-state index is 0.157. The summed E-state index contributed by atoms with van der Waals surface area (Å²) in [6.07, 6.45) is 0. The summed E-state index contributed by atoms with van der Waals surface area (Å²) in [6, 6.07) is 15.3. The van der Waals surface area contributed by atoms with Crippen LogP contribution in [0.5, 0.6) is 5.75 Å². The van der Waals surface area contributed by atoms with Crippen LogP contribution in [-0.2, 0) is 0 Å². The van der Waals surface area contributed by atoms with Crippen molar-refractivity contribution in [3.05, 3.63) is 65.5 Å². The second-order valence-corrected chi connectivity index (χ2v) is 5.74. The highest BCUT2D eigenvalue weighted by Gasteiger charge is 2.28. The number of benzene rings is 2. The Labute approximate surface area is 125 Å². The highest BCUT2D eigenvalue weighted by molar-refractivity contribution is 5.38. The average molecular weight is 285 g/mol. The third-order valence-electron chi connectivity index (χ3n) is 4.12. The molecule has 3 heteroatoms. The van der Waals surface area contributed by atoms with Crippen LogP contribution in [0.15, 0.2) is 48.5 Å². The number of para-hydroxylation sites is 1. The van der Waals surface area contributed by atoms with Crippen LogP contribution in [0.3, 0.4) is 0 Å². The molecule has 3 unspecified atom stereocenters. The van der Waals surface area contributed by atoms with Crippen LogP contribution in [0, 0.1) is 11.7 Å². The molecule has 0 saturated heterocycles. The van der Waals surface area contributed by atoms with Crippen LogP contribution >= 0.6 is 0 Å². The Bertz CT molecular complexity index is 611. The summed E-state index contributed by atoms with van der Waals surface area (Å²) in [5, 5.41) is 3.66. The molecule has 0 saturated carbocycles. The summed E-state index contributed by atoms with van der Waals surface area (Å²) in [5.74, 6) is 1.15. The molecule has 2 aromatic rings. The van der Waals surface area contributed by atoms with Gasteiger partial charge in [0.1, 0.15) is 11.6 Å². The third-order valence-corrected chi connectivity index (χ3v) is 4.12. The van der Waals surface area contributed by atoms with Gasteiger partial charge in [0.05, 0.1) is 6.61 Å². The molecule has 3 atom stereocenters. The Morgan fingerprint density at radius 2 is 1.86 bits per heavy atom. The lowest BCUT2D eigenvalue weighted by Crippen LogP contribution is -2.35. The van der Waals surface area contributed by atoms with Crippen molar-refractivity contribution in [3.63, 3.8) is 0 Å². The number of hydrogen-bond donors (Lipinski definition) is 1. The molecule has 2 aromatic carbocycles. The molecule has 0 aromatic heterocycles. The normalized spacial score (nSPS) is 22.2. The van der Waals surface area contributed by atoms with Crippen LogP contribution in [0.4, 0.5) is 4.39 Å². The van der Waals surface area contributed by atoms with E-state index < -0.39 is 0 Å².